The average molecular weight is 276 g/mol. The highest BCUT2D eigenvalue weighted by Crippen LogP contribution is 2.32. The number of carboxylic acids is 1. The molecule has 0 amide bonds. The minimum atomic E-state index is -0.863. The second kappa shape index (κ2) is 5.71. The van der Waals surface area contributed by atoms with Crippen LogP contribution in [-0.4, -0.2) is 29.1 Å². The molecule has 1 aromatic rings. The van der Waals surface area contributed by atoms with Crippen LogP contribution in [0.3, 0.4) is 0 Å². The molecule has 2 atom stereocenters. The lowest BCUT2D eigenvalue weighted by atomic mass is 10.1. The number of nitrogens with zero attached hydrogens (tertiary/aromatic N) is 1. The number of carboxylic acid groups (broad SMARTS) is 1. The largest absolute Gasteiger partial charge is 0.480 e. The highest BCUT2D eigenvalue weighted by atomic mass is 35.5. The molecule has 0 aliphatic rings. The van der Waals surface area contributed by atoms with Gasteiger partial charge in [-0.3, -0.25) is 9.69 Å². The number of likely N-dealkylation sites (N-methyl/N-ethyl adjacent to an activating group) is 1. The van der Waals surface area contributed by atoms with Gasteiger partial charge in [-0.05, 0) is 32.5 Å². The SMILES string of the molecule is CC(C(=O)O)N(C)C(C)c1cccc(Cl)c1Cl. The van der Waals surface area contributed by atoms with Gasteiger partial charge in [0.15, 0.2) is 0 Å². The van der Waals surface area contributed by atoms with Crippen molar-refractivity contribution in [2.24, 2.45) is 0 Å². The van der Waals surface area contributed by atoms with Gasteiger partial charge in [-0.1, -0.05) is 35.3 Å². The minimum absolute atomic E-state index is 0.118. The van der Waals surface area contributed by atoms with Gasteiger partial charge in [-0.15, -0.1) is 0 Å². The van der Waals surface area contributed by atoms with Gasteiger partial charge >= 0.3 is 5.97 Å². The Hall–Kier alpha value is -0.770. The first-order valence-electron chi connectivity index (χ1n) is 5.25. The Morgan fingerprint density at radius 3 is 2.47 bits per heavy atom. The Morgan fingerprint density at radius 2 is 1.94 bits per heavy atom. The Balaban J connectivity index is 3.00. The van der Waals surface area contributed by atoms with E-state index in [1.165, 1.54) is 0 Å². The molecule has 0 aromatic heterocycles. The molecule has 1 N–H and O–H groups in total. The van der Waals surface area contributed by atoms with E-state index in [0.29, 0.717) is 10.0 Å². The molecule has 0 radical (unpaired) electrons. The van der Waals surface area contributed by atoms with E-state index in [1.54, 1.807) is 31.0 Å². The molecule has 0 spiro atoms. The fraction of sp³-hybridized carbons (Fsp3) is 0.417. The maximum absolute atomic E-state index is 10.9. The minimum Gasteiger partial charge on any atom is -0.480 e. The topological polar surface area (TPSA) is 40.5 Å². The first-order valence-corrected chi connectivity index (χ1v) is 6.00. The molecular formula is C12H15Cl2NO2. The van der Waals surface area contributed by atoms with Gasteiger partial charge in [-0.2, -0.15) is 0 Å². The predicted molar refractivity (Wildman–Crippen MR) is 69.7 cm³/mol. The molecule has 0 aliphatic carbocycles. The lowest BCUT2D eigenvalue weighted by Gasteiger charge is -2.29. The molecule has 2 unspecified atom stereocenters. The highest BCUT2D eigenvalue weighted by Gasteiger charge is 2.24. The summed E-state index contributed by atoms with van der Waals surface area (Å²) in [6.07, 6.45) is 0. The van der Waals surface area contributed by atoms with E-state index < -0.39 is 12.0 Å². The van der Waals surface area contributed by atoms with E-state index in [-0.39, 0.29) is 6.04 Å². The second-order valence-electron chi connectivity index (χ2n) is 4.00. The van der Waals surface area contributed by atoms with Crippen molar-refractivity contribution in [2.45, 2.75) is 25.9 Å². The predicted octanol–water partition coefficient (Wildman–Crippen LogP) is 3.46. The van der Waals surface area contributed by atoms with Crippen LogP contribution in [0.15, 0.2) is 18.2 Å². The van der Waals surface area contributed by atoms with Crippen LogP contribution in [0.4, 0.5) is 0 Å². The van der Waals surface area contributed by atoms with Gasteiger partial charge in [0.05, 0.1) is 10.0 Å². The fourth-order valence-electron chi connectivity index (χ4n) is 1.57. The monoisotopic (exact) mass is 275 g/mol. The van der Waals surface area contributed by atoms with Crippen LogP contribution in [0.25, 0.3) is 0 Å². The van der Waals surface area contributed by atoms with Crippen LogP contribution in [0.2, 0.25) is 10.0 Å². The summed E-state index contributed by atoms with van der Waals surface area (Å²) in [4.78, 5) is 12.7. The van der Waals surface area contributed by atoms with E-state index in [2.05, 4.69) is 0 Å². The highest BCUT2D eigenvalue weighted by molar-refractivity contribution is 6.42. The number of benzene rings is 1. The van der Waals surface area contributed by atoms with Crippen LogP contribution in [0, 0.1) is 0 Å². The maximum atomic E-state index is 10.9. The van der Waals surface area contributed by atoms with Crippen molar-refractivity contribution < 1.29 is 9.90 Å². The zero-order valence-electron chi connectivity index (χ0n) is 9.95. The molecular weight excluding hydrogens is 261 g/mol. The van der Waals surface area contributed by atoms with Gasteiger partial charge in [0.1, 0.15) is 6.04 Å². The molecule has 94 valence electrons. The lowest BCUT2D eigenvalue weighted by molar-refractivity contribution is -0.142. The molecule has 17 heavy (non-hydrogen) atoms. The standard InChI is InChI=1S/C12H15Cl2NO2/c1-7(15(3)8(2)12(16)17)9-5-4-6-10(13)11(9)14/h4-8H,1-3H3,(H,16,17). The Morgan fingerprint density at radius 1 is 1.35 bits per heavy atom. The molecule has 1 aromatic carbocycles. The molecule has 0 aliphatic heterocycles. The molecule has 0 saturated carbocycles. The Kier molecular flexibility index (Phi) is 4.80. The number of hydrogen-bond acceptors (Lipinski definition) is 2. The van der Waals surface area contributed by atoms with Crippen LogP contribution in [0.5, 0.6) is 0 Å². The quantitative estimate of drug-likeness (QED) is 0.915. The summed E-state index contributed by atoms with van der Waals surface area (Å²) in [5.41, 5.74) is 0.828. The summed E-state index contributed by atoms with van der Waals surface area (Å²) in [5, 5.41) is 9.93. The van der Waals surface area contributed by atoms with E-state index in [9.17, 15) is 4.79 Å². The normalized spacial score (nSPS) is 14.7. The number of halogens is 2. The average Bonchev–Trinajstić information content (AvgIpc) is 2.29. The van der Waals surface area contributed by atoms with Crippen molar-refractivity contribution >= 4 is 29.2 Å². The zero-order chi connectivity index (χ0) is 13.2. The summed E-state index contributed by atoms with van der Waals surface area (Å²) in [6, 6.07) is 4.66. The molecule has 0 saturated heterocycles. The molecule has 0 fully saturated rings. The summed E-state index contributed by atoms with van der Waals surface area (Å²) in [6.45, 7) is 3.54. The molecule has 0 heterocycles. The molecule has 1 rings (SSSR count). The second-order valence-corrected chi connectivity index (χ2v) is 4.78. The van der Waals surface area contributed by atoms with E-state index in [4.69, 9.17) is 28.3 Å². The van der Waals surface area contributed by atoms with Crippen molar-refractivity contribution in [3.63, 3.8) is 0 Å². The third kappa shape index (κ3) is 3.12. The van der Waals surface area contributed by atoms with Gasteiger partial charge in [-0.25, -0.2) is 0 Å². The number of hydrogen-bond donors (Lipinski definition) is 1. The van der Waals surface area contributed by atoms with E-state index >= 15 is 0 Å². The summed E-state index contributed by atoms with van der Waals surface area (Å²) in [5.74, 6) is -0.863. The van der Waals surface area contributed by atoms with Gasteiger partial charge < -0.3 is 5.11 Å². The molecule has 0 bridgehead atoms. The number of aliphatic carboxylic acids is 1. The van der Waals surface area contributed by atoms with Crippen molar-refractivity contribution in [1.29, 1.82) is 0 Å². The van der Waals surface area contributed by atoms with Crippen molar-refractivity contribution in [3.05, 3.63) is 33.8 Å². The molecule has 3 nitrogen and oxygen atoms in total. The van der Waals surface area contributed by atoms with Crippen LogP contribution < -0.4 is 0 Å². The van der Waals surface area contributed by atoms with Gasteiger partial charge in [0.25, 0.3) is 0 Å². The summed E-state index contributed by atoms with van der Waals surface area (Å²) >= 11 is 12.0. The third-order valence-electron chi connectivity index (χ3n) is 3.01. The first-order chi connectivity index (χ1) is 7.86. The fourth-order valence-corrected chi connectivity index (χ4v) is 2.04. The Labute approximate surface area is 111 Å². The van der Waals surface area contributed by atoms with Crippen LogP contribution >= 0.6 is 23.2 Å². The third-order valence-corrected chi connectivity index (χ3v) is 3.84. The van der Waals surface area contributed by atoms with E-state index in [1.807, 2.05) is 13.0 Å². The first kappa shape index (κ1) is 14.3. The van der Waals surface area contributed by atoms with E-state index in [0.717, 1.165) is 5.56 Å². The van der Waals surface area contributed by atoms with Crippen LogP contribution in [0.1, 0.15) is 25.5 Å². The number of carbonyl (C=O) groups is 1. The van der Waals surface area contributed by atoms with Crippen molar-refractivity contribution in [2.75, 3.05) is 7.05 Å². The Bertz CT molecular complexity index is 423. The summed E-state index contributed by atoms with van der Waals surface area (Å²) in [7, 11) is 1.75. The van der Waals surface area contributed by atoms with Crippen LogP contribution in [-0.2, 0) is 4.79 Å². The number of rotatable bonds is 4. The van der Waals surface area contributed by atoms with Crippen molar-refractivity contribution in [1.82, 2.24) is 4.90 Å². The summed E-state index contributed by atoms with van der Waals surface area (Å²) < 4.78 is 0. The van der Waals surface area contributed by atoms with Gasteiger partial charge in [0.2, 0.25) is 0 Å². The molecule has 5 heteroatoms. The smallest absolute Gasteiger partial charge is 0.320 e. The van der Waals surface area contributed by atoms with Gasteiger partial charge in [0, 0.05) is 6.04 Å². The lowest BCUT2D eigenvalue weighted by Crippen LogP contribution is -2.37. The van der Waals surface area contributed by atoms with Crippen molar-refractivity contribution in [3.8, 4) is 0 Å². The maximum Gasteiger partial charge on any atom is 0.320 e. The zero-order valence-corrected chi connectivity index (χ0v) is 11.5.